The van der Waals surface area contributed by atoms with Crippen molar-refractivity contribution in [3.63, 3.8) is 0 Å². The van der Waals surface area contributed by atoms with Crippen molar-refractivity contribution in [1.82, 2.24) is 0 Å². The number of rotatable bonds is 10. The van der Waals surface area contributed by atoms with Gasteiger partial charge in [-0.3, -0.25) is 4.79 Å². The molecule has 0 saturated carbocycles. The molecule has 0 aromatic carbocycles. The number of hydrogen-bond acceptors (Lipinski definition) is 3. The second kappa shape index (κ2) is 11.2. The fourth-order valence-corrected chi connectivity index (χ4v) is 1.48. The Morgan fingerprint density at radius 3 is 2.07 bits per heavy atom. The molecule has 0 amide bonds. The topological polar surface area (TPSA) is 43.4 Å². The summed E-state index contributed by atoms with van der Waals surface area (Å²) in [5.41, 5.74) is 0. The lowest BCUT2D eigenvalue weighted by Crippen LogP contribution is -1.99. The second-order valence-electron chi connectivity index (χ2n) is 3.76. The lowest BCUT2D eigenvalue weighted by molar-refractivity contribution is -0.140. The number of hydrogen-bond donors (Lipinski definition) is 0. The molecule has 0 fully saturated rings. The molecule has 0 aromatic rings. The van der Waals surface area contributed by atoms with E-state index in [9.17, 15) is 9.59 Å². The molecular formula is C12H22O3. The van der Waals surface area contributed by atoms with Crippen LogP contribution in [0.3, 0.4) is 0 Å². The third-order valence-electron chi connectivity index (χ3n) is 2.43. The standard InChI is InChI=1S/C12H22O3/c1-15-12(14)10-8-6-4-2-3-5-7-9-11-13/h11H,2-10H2,1H3. The van der Waals surface area contributed by atoms with Gasteiger partial charge in [-0.05, 0) is 12.8 Å². The Balaban J connectivity index is 2.98. The molecule has 0 N–H and O–H groups in total. The Morgan fingerprint density at radius 2 is 1.53 bits per heavy atom. The largest absolute Gasteiger partial charge is 0.469 e. The van der Waals surface area contributed by atoms with Crippen LogP contribution >= 0.6 is 0 Å². The van der Waals surface area contributed by atoms with Gasteiger partial charge in [-0.15, -0.1) is 0 Å². The summed E-state index contributed by atoms with van der Waals surface area (Å²) in [4.78, 5) is 20.8. The van der Waals surface area contributed by atoms with Crippen LogP contribution in [0.5, 0.6) is 0 Å². The first-order valence-electron chi connectivity index (χ1n) is 5.81. The molecule has 15 heavy (non-hydrogen) atoms. The zero-order chi connectivity index (χ0) is 11.4. The molecular weight excluding hydrogens is 192 g/mol. The zero-order valence-corrected chi connectivity index (χ0v) is 9.67. The third kappa shape index (κ3) is 11.1. The van der Waals surface area contributed by atoms with Crippen molar-refractivity contribution < 1.29 is 14.3 Å². The molecule has 88 valence electrons. The van der Waals surface area contributed by atoms with Crippen molar-refractivity contribution in [2.45, 2.75) is 57.8 Å². The van der Waals surface area contributed by atoms with Crippen molar-refractivity contribution >= 4 is 12.3 Å². The first kappa shape index (κ1) is 14.1. The van der Waals surface area contributed by atoms with E-state index in [-0.39, 0.29) is 5.97 Å². The average Bonchev–Trinajstić information content (AvgIpc) is 2.26. The Kier molecular flexibility index (Phi) is 10.6. The van der Waals surface area contributed by atoms with Gasteiger partial charge in [0.05, 0.1) is 7.11 Å². The van der Waals surface area contributed by atoms with Crippen molar-refractivity contribution in [2.24, 2.45) is 0 Å². The van der Waals surface area contributed by atoms with Crippen LogP contribution in [0.25, 0.3) is 0 Å². The van der Waals surface area contributed by atoms with Gasteiger partial charge in [-0.1, -0.05) is 32.1 Å². The molecule has 0 atom stereocenters. The minimum Gasteiger partial charge on any atom is -0.469 e. The molecule has 0 rings (SSSR count). The number of aldehydes is 1. The maximum absolute atomic E-state index is 10.8. The molecule has 0 saturated heterocycles. The minimum atomic E-state index is -0.110. The van der Waals surface area contributed by atoms with Gasteiger partial charge in [0.25, 0.3) is 0 Å². The van der Waals surface area contributed by atoms with E-state index in [2.05, 4.69) is 4.74 Å². The summed E-state index contributed by atoms with van der Waals surface area (Å²) in [5, 5.41) is 0. The molecule has 0 bridgehead atoms. The van der Waals surface area contributed by atoms with Crippen molar-refractivity contribution in [3.05, 3.63) is 0 Å². The summed E-state index contributed by atoms with van der Waals surface area (Å²) in [5.74, 6) is -0.110. The van der Waals surface area contributed by atoms with Crippen LogP contribution in [-0.4, -0.2) is 19.4 Å². The lowest BCUT2D eigenvalue weighted by Gasteiger charge is -2.00. The van der Waals surface area contributed by atoms with Gasteiger partial charge < -0.3 is 9.53 Å². The highest BCUT2D eigenvalue weighted by Gasteiger charge is 1.98. The van der Waals surface area contributed by atoms with Crippen molar-refractivity contribution in [2.75, 3.05) is 7.11 Å². The van der Waals surface area contributed by atoms with Crippen molar-refractivity contribution in [3.8, 4) is 0 Å². The van der Waals surface area contributed by atoms with Crippen molar-refractivity contribution in [1.29, 1.82) is 0 Å². The summed E-state index contributed by atoms with van der Waals surface area (Å²) in [6.45, 7) is 0. The highest BCUT2D eigenvalue weighted by atomic mass is 16.5. The SMILES string of the molecule is COC(=O)CCCCCCCCCC=O. The van der Waals surface area contributed by atoms with Crippen LogP contribution in [0.1, 0.15) is 57.8 Å². The van der Waals surface area contributed by atoms with E-state index in [1.807, 2.05) is 0 Å². The van der Waals surface area contributed by atoms with Gasteiger partial charge >= 0.3 is 5.97 Å². The first-order valence-corrected chi connectivity index (χ1v) is 5.81. The molecule has 0 radical (unpaired) electrons. The van der Waals surface area contributed by atoms with Gasteiger partial charge in [-0.2, -0.15) is 0 Å². The van der Waals surface area contributed by atoms with E-state index in [4.69, 9.17) is 0 Å². The summed E-state index contributed by atoms with van der Waals surface area (Å²) >= 11 is 0. The summed E-state index contributed by atoms with van der Waals surface area (Å²) in [6.07, 6.45) is 10.0. The highest BCUT2D eigenvalue weighted by molar-refractivity contribution is 5.68. The Labute approximate surface area is 92.2 Å². The van der Waals surface area contributed by atoms with Gasteiger partial charge in [0.2, 0.25) is 0 Å². The summed E-state index contributed by atoms with van der Waals surface area (Å²) in [6, 6.07) is 0. The lowest BCUT2D eigenvalue weighted by atomic mass is 10.1. The fourth-order valence-electron chi connectivity index (χ4n) is 1.48. The number of esters is 1. The van der Waals surface area contributed by atoms with Crippen LogP contribution in [0.4, 0.5) is 0 Å². The average molecular weight is 214 g/mol. The van der Waals surface area contributed by atoms with Gasteiger partial charge in [0.1, 0.15) is 6.29 Å². The van der Waals surface area contributed by atoms with E-state index in [1.54, 1.807) is 0 Å². The predicted molar refractivity (Wildman–Crippen MR) is 59.6 cm³/mol. The number of carbonyl (C=O) groups excluding carboxylic acids is 2. The predicted octanol–water partition coefficient (Wildman–Crippen LogP) is 2.87. The minimum absolute atomic E-state index is 0.110. The van der Waals surface area contributed by atoms with Crippen LogP contribution in [0, 0.1) is 0 Å². The van der Waals surface area contributed by atoms with E-state index >= 15 is 0 Å². The van der Waals surface area contributed by atoms with Gasteiger partial charge in [-0.25, -0.2) is 0 Å². The number of ether oxygens (including phenoxy) is 1. The molecule has 0 aromatic heterocycles. The molecule has 0 spiro atoms. The van der Waals surface area contributed by atoms with E-state index < -0.39 is 0 Å². The van der Waals surface area contributed by atoms with Gasteiger partial charge in [0.15, 0.2) is 0 Å². The summed E-state index contributed by atoms with van der Waals surface area (Å²) in [7, 11) is 1.43. The molecule has 0 heterocycles. The number of unbranched alkanes of at least 4 members (excludes halogenated alkanes) is 7. The Hall–Kier alpha value is -0.860. The zero-order valence-electron chi connectivity index (χ0n) is 9.67. The normalized spacial score (nSPS) is 9.93. The molecule has 3 nitrogen and oxygen atoms in total. The fraction of sp³-hybridized carbons (Fsp3) is 0.833. The monoisotopic (exact) mass is 214 g/mol. The van der Waals surface area contributed by atoms with Crippen LogP contribution < -0.4 is 0 Å². The number of carbonyl (C=O) groups is 2. The molecule has 0 aliphatic rings. The van der Waals surface area contributed by atoms with Crippen LogP contribution in [0.2, 0.25) is 0 Å². The van der Waals surface area contributed by atoms with E-state index in [1.165, 1.54) is 26.4 Å². The maximum atomic E-state index is 10.8. The smallest absolute Gasteiger partial charge is 0.305 e. The van der Waals surface area contributed by atoms with E-state index in [0.717, 1.165) is 32.0 Å². The quantitative estimate of drug-likeness (QED) is 0.319. The van der Waals surface area contributed by atoms with E-state index in [0.29, 0.717) is 12.8 Å². The van der Waals surface area contributed by atoms with Crippen LogP contribution in [-0.2, 0) is 14.3 Å². The number of methoxy groups -OCH3 is 1. The molecule has 0 aliphatic carbocycles. The second-order valence-corrected chi connectivity index (χ2v) is 3.76. The first-order chi connectivity index (χ1) is 7.31. The highest BCUT2D eigenvalue weighted by Crippen LogP contribution is 2.09. The Morgan fingerprint density at radius 1 is 1.00 bits per heavy atom. The van der Waals surface area contributed by atoms with Crippen LogP contribution in [0.15, 0.2) is 0 Å². The Bertz CT molecular complexity index is 166. The third-order valence-corrected chi connectivity index (χ3v) is 2.43. The maximum Gasteiger partial charge on any atom is 0.305 e. The van der Waals surface area contributed by atoms with Gasteiger partial charge in [0, 0.05) is 12.8 Å². The molecule has 3 heteroatoms. The summed E-state index contributed by atoms with van der Waals surface area (Å²) < 4.78 is 4.55. The molecule has 0 unspecified atom stereocenters. The molecule has 0 aliphatic heterocycles.